The van der Waals surface area contributed by atoms with Gasteiger partial charge in [-0.25, -0.2) is 0 Å². The number of aryl methyl sites for hydroxylation is 1. The average Bonchev–Trinajstić information content (AvgIpc) is 2.42. The van der Waals surface area contributed by atoms with Crippen LogP contribution in [0.4, 0.5) is 0 Å². The van der Waals surface area contributed by atoms with E-state index >= 15 is 0 Å². The van der Waals surface area contributed by atoms with Crippen LogP contribution in [0.25, 0.3) is 0 Å². The summed E-state index contributed by atoms with van der Waals surface area (Å²) in [5, 5.41) is 7.82. The summed E-state index contributed by atoms with van der Waals surface area (Å²) in [5.74, 6) is 2.25. The van der Waals surface area contributed by atoms with Gasteiger partial charge < -0.3 is 10.5 Å². The first-order chi connectivity index (χ1) is 10.0. The van der Waals surface area contributed by atoms with E-state index in [0.29, 0.717) is 17.1 Å². The molecular weight excluding hydrogens is 348 g/mol. The predicted molar refractivity (Wildman–Crippen MR) is 92.8 cm³/mol. The normalized spacial score (nSPS) is 10.4. The third-order valence-corrected chi connectivity index (χ3v) is 4.42. The molecule has 0 fully saturated rings. The molecule has 5 heteroatoms. The number of hydrogen-bond donors (Lipinski definition) is 2. The van der Waals surface area contributed by atoms with Gasteiger partial charge in [-0.3, -0.25) is 5.41 Å². The molecule has 2 rings (SSSR count). The number of nitrogens with two attached hydrogens (primary N) is 1. The van der Waals surface area contributed by atoms with E-state index in [1.807, 2.05) is 43.3 Å². The number of ether oxygens (including phenoxy) is 1. The molecule has 21 heavy (non-hydrogen) atoms. The minimum atomic E-state index is 0.0183. The second kappa shape index (κ2) is 7.00. The van der Waals surface area contributed by atoms with Gasteiger partial charge in [0.25, 0.3) is 0 Å². The first-order valence-electron chi connectivity index (χ1n) is 6.57. The first kappa shape index (κ1) is 15.9. The molecule has 0 aliphatic carbocycles. The molecule has 0 heterocycles. The summed E-state index contributed by atoms with van der Waals surface area (Å²) in [7, 11) is 0. The molecule has 3 nitrogen and oxygen atoms in total. The lowest BCUT2D eigenvalue weighted by Gasteiger charge is -2.15. The fraction of sp³-hybridized carbons (Fsp3) is 0.188. The Morgan fingerprint density at radius 3 is 2.67 bits per heavy atom. The molecule has 0 atom stereocenters. The number of hydrogen-bond acceptors (Lipinski definition) is 3. The van der Waals surface area contributed by atoms with Crippen molar-refractivity contribution < 1.29 is 4.74 Å². The van der Waals surface area contributed by atoms with Crippen LogP contribution < -0.4 is 10.5 Å². The van der Waals surface area contributed by atoms with Gasteiger partial charge in [0.15, 0.2) is 0 Å². The molecule has 2 aromatic rings. The van der Waals surface area contributed by atoms with Crippen molar-refractivity contribution in [2.75, 3.05) is 5.75 Å². The highest BCUT2D eigenvalue weighted by molar-refractivity contribution is 9.10. The number of halogens is 1. The minimum absolute atomic E-state index is 0.0183. The van der Waals surface area contributed by atoms with E-state index in [-0.39, 0.29) is 5.84 Å². The van der Waals surface area contributed by atoms with Crippen molar-refractivity contribution in [1.82, 2.24) is 0 Å². The molecule has 0 radical (unpaired) electrons. The lowest BCUT2D eigenvalue weighted by Crippen LogP contribution is -2.13. The van der Waals surface area contributed by atoms with Crippen LogP contribution >= 0.6 is 27.7 Å². The summed E-state index contributed by atoms with van der Waals surface area (Å²) in [6, 6.07) is 11.6. The van der Waals surface area contributed by atoms with Crippen molar-refractivity contribution in [3.05, 3.63) is 52.0 Å². The maximum Gasteiger partial charge on any atom is 0.141 e. The van der Waals surface area contributed by atoms with E-state index < -0.39 is 0 Å². The van der Waals surface area contributed by atoms with Gasteiger partial charge >= 0.3 is 0 Å². The van der Waals surface area contributed by atoms with E-state index in [4.69, 9.17) is 15.9 Å². The Morgan fingerprint density at radius 2 is 2.05 bits per heavy atom. The Labute approximate surface area is 137 Å². The van der Waals surface area contributed by atoms with Crippen LogP contribution in [0.1, 0.15) is 18.1 Å². The van der Waals surface area contributed by atoms with Gasteiger partial charge in [0, 0.05) is 4.90 Å². The van der Waals surface area contributed by atoms with Gasteiger partial charge in [0.05, 0.1) is 10.0 Å². The molecule has 0 unspecified atom stereocenters. The molecule has 0 spiro atoms. The molecule has 0 bridgehead atoms. The van der Waals surface area contributed by atoms with Crippen LogP contribution in [0.3, 0.4) is 0 Å². The molecule has 0 aliphatic rings. The Morgan fingerprint density at radius 1 is 1.29 bits per heavy atom. The third-order valence-electron chi connectivity index (χ3n) is 2.86. The number of rotatable bonds is 5. The first-order valence-corrected chi connectivity index (χ1v) is 8.35. The van der Waals surface area contributed by atoms with Crippen LogP contribution in [-0.4, -0.2) is 11.6 Å². The summed E-state index contributed by atoms with van der Waals surface area (Å²) in [6.07, 6.45) is 0. The lowest BCUT2D eigenvalue weighted by molar-refractivity contribution is 0.477. The van der Waals surface area contributed by atoms with Crippen molar-refractivity contribution in [1.29, 1.82) is 5.41 Å². The Balaban J connectivity index is 2.43. The van der Waals surface area contributed by atoms with Gasteiger partial charge in [0.2, 0.25) is 0 Å². The zero-order valence-corrected chi connectivity index (χ0v) is 14.3. The largest absolute Gasteiger partial charge is 0.455 e. The van der Waals surface area contributed by atoms with Crippen molar-refractivity contribution in [3.63, 3.8) is 0 Å². The summed E-state index contributed by atoms with van der Waals surface area (Å²) in [6.45, 7) is 4.09. The van der Waals surface area contributed by atoms with Crippen molar-refractivity contribution in [2.45, 2.75) is 18.7 Å². The Kier molecular flexibility index (Phi) is 5.31. The van der Waals surface area contributed by atoms with Crippen molar-refractivity contribution >= 4 is 33.5 Å². The summed E-state index contributed by atoms with van der Waals surface area (Å²) in [5.41, 5.74) is 7.54. The second-order valence-corrected chi connectivity index (χ2v) is 6.67. The summed E-state index contributed by atoms with van der Waals surface area (Å²) >= 11 is 5.15. The highest BCUT2D eigenvalue weighted by atomic mass is 79.9. The minimum Gasteiger partial charge on any atom is -0.455 e. The van der Waals surface area contributed by atoms with Crippen LogP contribution in [0, 0.1) is 12.3 Å². The van der Waals surface area contributed by atoms with Gasteiger partial charge in [-0.05, 0) is 58.4 Å². The lowest BCUT2D eigenvalue weighted by atomic mass is 10.2. The molecule has 0 saturated heterocycles. The smallest absolute Gasteiger partial charge is 0.141 e. The van der Waals surface area contributed by atoms with Gasteiger partial charge in [0.1, 0.15) is 17.3 Å². The van der Waals surface area contributed by atoms with Gasteiger partial charge in [-0.1, -0.05) is 19.1 Å². The zero-order chi connectivity index (χ0) is 15.4. The summed E-state index contributed by atoms with van der Waals surface area (Å²) < 4.78 is 6.84. The van der Waals surface area contributed by atoms with E-state index in [9.17, 15) is 0 Å². The maximum absolute atomic E-state index is 7.82. The predicted octanol–water partition coefficient (Wildman–Crippen LogP) is 4.95. The fourth-order valence-corrected chi connectivity index (χ4v) is 3.36. The SMILES string of the molecule is CCSc1cccc(Oc2ccc(C)cc2Br)c1C(=N)N. The van der Waals surface area contributed by atoms with Gasteiger partial charge in [-0.2, -0.15) is 0 Å². The maximum atomic E-state index is 7.82. The second-order valence-electron chi connectivity index (χ2n) is 4.51. The summed E-state index contributed by atoms with van der Waals surface area (Å²) in [4.78, 5) is 0.964. The topological polar surface area (TPSA) is 59.1 Å². The quantitative estimate of drug-likeness (QED) is 0.448. The van der Waals surface area contributed by atoms with Crippen LogP contribution in [0.5, 0.6) is 11.5 Å². The fourth-order valence-electron chi connectivity index (χ4n) is 1.94. The van der Waals surface area contributed by atoms with Crippen LogP contribution in [0.15, 0.2) is 45.8 Å². The molecule has 2 aromatic carbocycles. The van der Waals surface area contributed by atoms with E-state index in [1.54, 1.807) is 11.8 Å². The van der Waals surface area contributed by atoms with Gasteiger partial charge in [-0.15, -0.1) is 11.8 Å². The number of amidine groups is 1. The molecular formula is C16H17BrN2OS. The zero-order valence-electron chi connectivity index (χ0n) is 11.9. The number of benzene rings is 2. The number of thioether (sulfide) groups is 1. The number of nitrogen functional groups attached to an aromatic ring is 1. The molecule has 0 aliphatic heterocycles. The third kappa shape index (κ3) is 3.80. The average molecular weight is 365 g/mol. The van der Waals surface area contributed by atoms with E-state index in [0.717, 1.165) is 20.7 Å². The van der Waals surface area contributed by atoms with E-state index in [1.165, 1.54) is 0 Å². The molecule has 3 N–H and O–H groups in total. The van der Waals surface area contributed by atoms with Crippen LogP contribution in [0.2, 0.25) is 0 Å². The standard InChI is InChI=1S/C16H17BrN2OS/c1-3-21-14-6-4-5-13(15(14)16(18)19)20-12-8-7-10(2)9-11(12)17/h4-9H,3H2,1-2H3,(H3,18,19). The molecule has 0 amide bonds. The van der Waals surface area contributed by atoms with Crippen LogP contribution in [-0.2, 0) is 0 Å². The Hall–Kier alpha value is -1.46. The number of nitrogens with one attached hydrogen (secondary N) is 1. The molecule has 0 aromatic heterocycles. The monoisotopic (exact) mass is 364 g/mol. The molecule has 110 valence electrons. The van der Waals surface area contributed by atoms with Crippen molar-refractivity contribution in [2.24, 2.45) is 5.73 Å². The highest BCUT2D eigenvalue weighted by Crippen LogP contribution is 2.35. The van der Waals surface area contributed by atoms with Crippen molar-refractivity contribution in [3.8, 4) is 11.5 Å². The highest BCUT2D eigenvalue weighted by Gasteiger charge is 2.14. The Bertz CT molecular complexity index is 673. The van der Waals surface area contributed by atoms with E-state index in [2.05, 4.69) is 22.9 Å². The molecule has 0 saturated carbocycles.